The summed E-state index contributed by atoms with van der Waals surface area (Å²) in [6.45, 7) is 0.458. The van der Waals surface area contributed by atoms with Gasteiger partial charge in [-0.2, -0.15) is 0 Å². The molecule has 0 saturated heterocycles. The van der Waals surface area contributed by atoms with Crippen LogP contribution in [-0.4, -0.2) is 26.8 Å². The van der Waals surface area contributed by atoms with Crippen molar-refractivity contribution in [3.05, 3.63) is 84.5 Å². The highest BCUT2D eigenvalue weighted by Gasteiger charge is 2.19. The van der Waals surface area contributed by atoms with Crippen LogP contribution in [0, 0.1) is 0 Å². The Morgan fingerprint density at radius 2 is 1.93 bits per heavy atom. The normalized spacial score (nSPS) is 11.3. The molecule has 150 valence electrons. The van der Waals surface area contributed by atoms with Gasteiger partial charge in [-0.05, 0) is 36.4 Å². The number of hydrogen-bond donors (Lipinski definition) is 2. The van der Waals surface area contributed by atoms with Gasteiger partial charge in [-0.15, -0.1) is 0 Å². The van der Waals surface area contributed by atoms with Gasteiger partial charge in [0.05, 0.1) is 25.7 Å². The number of aromatic amines is 1. The van der Waals surface area contributed by atoms with Crippen molar-refractivity contribution in [3.8, 4) is 28.5 Å². The summed E-state index contributed by atoms with van der Waals surface area (Å²) in [6, 6.07) is 21.8. The lowest BCUT2D eigenvalue weighted by Crippen LogP contribution is -2.01. The summed E-state index contributed by atoms with van der Waals surface area (Å²) >= 11 is 0. The molecule has 0 atom stereocenters. The Hall–Kier alpha value is -3.77. The highest BCUT2D eigenvalue weighted by atomic mass is 16.5. The Morgan fingerprint density at radius 3 is 2.70 bits per heavy atom. The van der Waals surface area contributed by atoms with Crippen molar-refractivity contribution in [2.24, 2.45) is 0 Å². The second-order valence-corrected chi connectivity index (χ2v) is 7.11. The fraction of sp³-hybridized carbons (Fsp3) is 0.125. The Kier molecular flexibility index (Phi) is 4.61. The molecule has 0 fully saturated rings. The first-order chi connectivity index (χ1) is 14.7. The van der Waals surface area contributed by atoms with Gasteiger partial charge in [0.2, 0.25) is 0 Å². The Bertz CT molecular complexity index is 1300. The topological polar surface area (TPSA) is 76.2 Å². The zero-order valence-electron chi connectivity index (χ0n) is 16.5. The predicted molar refractivity (Wildman–Crippen MR) is 115 cm³/mol. The Balaban J connectivity index is 1.59. The van der Waals surface area contributed by atoms with Crippen LogP contribution in [-0.2, 0) is 13.2 Å². The molecule has 30 heavy (non-hydrogen) atoms. The van der Waals surface area contributed by atoms with Crippen LogP contribution in [0.1, 0.15) is 11.5 Å². The quantitative estimate of drug-likeness (QED) is 0.428. The largest absolute Gasteiger partial charge is 0.497 e. The summed E-state index contributed by atoms with van der Waals surface area (Å²) in [7, 11) is 1.67. The van der Waals surface area contributed by atoms with Gasteiger partial charge in [-0.25, -0.2) is 4.98 Å². The molecule has 0 amide bonds. The molecule has 0 aliphatic heterocycles. The van der Waals surface area contributed by atoms with Crippen molar-refractivity contribution in [1.82, 2.24) is 14.5 Å². The summed E-state index contributed by atoms with van der Waals surface area (Å²) < 4.78 is 13.3. The first kappa shape index (κ1) is 18.3. The van der Waals surface area contributed by atoms with Crippen molar-refractivity contribution in [2.75, 3.05) is 7.11 Å². The maximum Gasteiger partial charge on any atom is 0.153 e. The molecular weight excluding hydrogens is 378 g/mol. The van der Waals surface area contributed by atoms with Crippen LogP contribution in [0.4, 0.5) is 0 Å². The molecule has 0 saturated carbocycles. The van der Waals surface area contributed by atoms with Gasteiger partial charge < -0.3 is 23.8 Å². The van der Waals surface area contributed by atoms with E-state index in [1.807, 2.05) is 60.9 Å². The number of rotatable bonds is 6. The molecule has 6 heteroatoms. The Morgan fingerprint density at radius 1 is 1.07 bits per heavy atom. The molecule has 2 N–H and O–H groups in total. The predicted octanol–water partition coefficient (Wildman–Crippen LogP) is 4.84. The molecule has 0 unspecified atom stereocenters. The number of benzene rings is 2. The van der Waals surface area contributed by atoms with Gasteiger partial charge in [0.25, 0.3) is 0 Å². The number of aliphatic hydroxyl groups excluding tert-OH is 1. The third kappa shape index (κ3) is 3.27. The smallest absolute Gasteiger partial charge is 0.153 e. The van der Waals surface area contributed by atoms with Crippen molar-refractivity contribution in [2.45, 2.75) is 13.2 Å². The first-order valence-corrected chi connectivity index (χ1v) is 9.71. The number of nitrogens with zero attached hydrogens (tertiary/aromatic N) is 2. The van der Waals surface area contributed by atoms with Gasteiger partial charge in [-0.3, -0.25) is 0 Å². The van der Waals surface area contributed by atoms with Crippen LogP contribution in [0.5, 0.6) is 5.75 Å². The van der Waals surface area contributed by atoms with Crippen molar-refractivity contribution in [1.29, 1.82) is 0 Å². The van der Waals surface area contributed by atoms with Crippen molar-refractivity contribution in [3.63, 3.8) is 0 Å². The highest BCUT2D eigenvalue weighted by molar-refractivity contribution is 5.82. The molecule has 0 bridgehead atoms. The van der Waals surface area contributed by atoms with Crippen LogP contribution in [0.15, 0.2) is 77.5 Å². The molecule has 5 aromatic rings. The average Bonchev–Trinajstić information content (AvgIpc) is 3.51. The van der Waals surface area contributed by atoms with Gasteiger partial charge in [-0.1, -0.05) is 30.3 Å². The summed E-state index contributed by atoms with van der Waals surface area (Å²) in [5.41, 5.74) is 4.82. The first-order valence-electron chi connectivity index (χ1n) is 9.71. The highest BCUT2D eigenvalue weighted by Crippen LogP contribution is 2.33. The van der Waals surface area contributed by atoms with Crippen LogP contribution in [0.2, 0.25) is 0 Å². The fourth-order valence-corrected chi connectivity index (χ4v) is 3.72. The van der Waals surface area contributed by atoms with E-state index in [1.165, 1.54) is 0 Å². The van der Waals surface area contributed by atoms with Gasteiger partial charge in [0, 0.05) is 22.2 Å². The maximum atomic E-state index is 9.43. The fourth-order valence-electron chi connectivity index (χ4n) is 3.72. The molecule has 3 aromatic heterocycles. The second-order valence-electron chi connectivity index (χ2n) is 7.11. The van der Waals surface area contributed by atoms with E-state index in [9.17, 15) is 5.11 Å². The number of furan rings is 1. The number of methoxy groups -OCH3 is 1. The van der Waals surface area contributed by atoms with Gasteiger partial charge in [0.1, 0.15) is 23.8 Å². The summed E-state index contributed by atoms with van der Waals surface area (Å²) in [5.74, 6) is 2.03. The maximum absolute atomic E-state index is 9.43. The van der Waals surface area contributed by atoms with Crippen molar-refractivity contribution >= 4 is 10.9 Å². The van der Waals surface area contributed by atoms with Crippen LogP contribution in [0.3, 0.4) is 0 Å². The van der Waals surface area contributed by atoms with E-state index in [-0.39, 0.29) is 6.61 Å². The van der Waals surface area contributed by atoms with E-state index >= 15 is 0 Å². The number of fused-ring (bicyclic) bond motifs is 1. The number of imidazole rings is 1. The van der Waals surface area contributed by atoms with Gasteiger partial charge >= 0.3 is 0 Å². The molecule has 0 radical (unpaired) electrons. The standard InChI is InChI=1S/C24H21N3O3/c1-29-19-7-9-21-17(12-19)11-18(26-21)13-27-15-25-23(16-5-3-2-4-6-16)24(27)22-10-8-20(14-28)30-22/h2-12,15,26,28H,13-14H2,1H3. The molecule has 3 heterocycles. The SMILES string of the molecule is COc1ccc2[nH]c(Cn3cnc(-c4ccccc4)c3-c3ccc(CO)o3)cc2c1. The molecule has 0 aliphatic rings. The van der Waals surface area contributed by atoms with Crippen LogP contribution >= 0.6 is 0 Å². The van der Waals surface area contributed by atoms with E-state index in [2.05, 4.69) is 20.6 Å². The monoisotopic (exact) mass is 399 g/mol. The molecule has 5 rings (SSSR count). The third-order valence-electron chi connectivity index (χ3n) is 5.16. The number of ether oxygens (including phenoxy) is 1. The number of aromatic nitrogens is 3. The zero-order valence-corrected chi connectivity index (χ0v) is 16.5. The summed E-state index contributed by atoms with van der Waals surface area (Å²) in [4.78, 5) is 8.15. The van der Waals surface area contributed by atoms with E-state index in [0.717, 1.165) is 39.3 Å². The van der Waals surface area contributed by atoms with E-state index in [4.69, 9.17) is 9.15 Å². The zero-order chi connectivity index (χ0) is 20.5. The van der Waals surface area contributed by atoms with E-state index in [1.54, 1.807) is 13.2 Å². The van der Waals surface area contributed by atoms with Gasteiger partial charge in [0.15, 0.2) is 5.76 Å². The molecule has 2 aromatic carbocycles. The lowest BCUT2D eigenvalue weighted by atomic mass is 10.1. The molecular formula is C24H21N3O3. The summed E-state index contributed by atoms with van der Waals surface area (Å²) in [6.07, 6.45) is 1.82. The number of H-pyrrole nitrogens is 1. The van der Waals surface area contributed by atoms with Crippen LogP contribution < -0.4 is 4.74 Å². The number of aliphatic hydroxyl groups is 1. The van der Waals surface area contributed by atoms with Crippen molar-refractivity contribution < 1.29 is 14.3 Å². The van der Waals surface area contributed by atoms with E-state index in [0.29, 0.717) is 18.1 Å². The van der Waals surface area contributed by atoms with Crippen LogP contribution in [0.25, 0.3) is 33.6 Å². The minimum atomic E-state index is -0.140. The Labute approximate surface area is 173 Å². The number of hydrogen-bond acceptors (Lipinski definition) is 4. The number of nitrogens with one attached hydrogen (secondary N) is 1. The minimum absolute atomic E-state index is 0.140. The summed E-state index contributed by atoms with van der Waals surface area (Å²) in [5, 5.41) is 10.5. The molecule has 0 aliphatic carbocycles. The molecule has 6 nitrogen and oxygen atoms in total. The molecule has 0 spiro atoms. The lowest BCUT2D eigenvalue weighted by molar-refractivity contribution is 0.248. The third-order valence-corrected chi connectivity index (χ3v) is 5.16. The van der Waals surface area contributed by atoms with E-state index < -0.39 is 0 Å². The average molecular weight is 399 g/mol. The minimum Gasteiger partial charge on any atom is -0.497 e. The lowest BCUT2D eigenvalue weighted by Gasteiger charge is -2.08. The second kappa shape index (κ2) is 7.57.